The number of rotatable bonds is 6. The van der Waals surface area contributed by atoms with Crippen LogP contribution < -0.4 is 14.4 Å². The molecular formula is C24H19ClN2O5. The minimum Gasteiger partial charge on any atom is -0.493 e. The quantitative estimate of drug-likeness (QED) is 0.380. The van der Waals surface area contributed by atoms with E-state index in [0.717, 1.165) is 12.1 Å². The number of aliphatic imine (C=N–C) groups is 1. The molecule has 4 rings (SSSR count). The van der Waals surface area contributed by atoms with Crippen molar-refractivity contribution in [2.45, 2.75) is 12.8 Å². The molecule has 0 atom stereocenters. The first-order valence-electron chi connectivity index (χ1n) is 9.87. The van der Waals surface area contributed by atoms with Crippen molar-refractivity contribution >= 4 is 41.1 Å². The van der Waals surface area contributed by atoms with E-state index >= 15 is 0 Å². The number of halogens is 1. The smallest absolute Gasteiger partial charge is 0.363 e. The molecule has 7 nitrogen and oxygen atoms in total. The molecule has 2 heterocycles. The highest BCUT2D eigenvalue weighted by atomic mass is 35.5. The molecule has 1 saturated heterocycles. The molecule has 2 aliphatic rings. The molecule has 8 heteroatoms. The maximum Gasteiger partial charge on any atom is 0.363 e. The molecule has 0 aliphatic carbocycles. The molecule has 2 aromatic rings. The summed E-state index contributed by atoms with van der Waals surface area (Å²) in [6.45, 7) is 0.751. The van der Waals surface area contributed by atoms with E-state index in [4.69, 9.17) is 32.2 Å². The third-order valence-corrected chi connectivity index (χ3v) is 5.26. The number of terminal acetylenes is 1. The average molecular weight is 451 g/mol. The van der Waals surface area contributed by atoms with Crippen LogP contribution in [0, 0.1) is 12.3 Å². The first kappa shape index (κ1) is 21.5. The average Bonchev–Trinajstić information content (AvgIpc) is 3.38. The first-order chi connectivity index (χ1) is 15.5. The number of carbonyl (C=O) groups excluding carboxylic acids is 2. The normalized spacial score (nSPS) is 16.7. The summed E-state index contributed by atoms with van der Waals surface area (Å²) in [5, 5.41) is 0.286. The van der Waals surface area contributed by atoms with Crippen LogP contribution in [0.15, 0.2) is 47.1 Å². The van der Waals surface area contributed by atoms with Crippen LogP contribution in [0.3, 0.4) is 0 Å². The zero-order valence-electron chi connectivity index (χ0n) is 17.3. The van der Waals surface area contributed by atoms with Gasteiger partial charge in [-0.3, -0.25) is 4.79 Å². The fourth-order valence-corrected chi connectivity index (χ4v) is 3.75. The van der Waals surface area contributed by atoms with Gasteiger partial charge >= 0.3 is 5.97 Å². The Hall–Kier alpha value is -3.76. The van der Waals surface area contributed by atoms with Gasteiger partial charge in [-0.15, -0.1) is 6.42 Å². The number of amides is 1. The number of carbonyl (C=O) groups is 2. The summed E-state index contributed by atoms with van der Waals surface area (Å²) in [6.07, 6.45) is 8.19. The standard InChI is InChI=1S/C24H19ClN2O5/c1-3-11-31-22-18(25)12-15(14-20(22)30-2)13-19-24(29)32-23(26-19)16-6-8-17(9-7-16)27-10-4-5-21(27)28/h1,6-9,12-14H,4-5,10-11H2,2H3/b19-13+. The monoisotopic (exact) mass is 450 g/mol. The van der Waals surface area contributed by atoms with E-state index in [0.29, 0.717) is 35.6 Å². The van der Waals surface area contributed by atoms with Crippen molar-refractivity contribution in [2.24, 2.45) is 4.99 Å². The van der Waals surface area contributed by atoms with E-state index in [9.17, 15) is 9.59 Å². The summed E-state index contributed by atoms with van der Waals surface area (Å²) >= 11 is 6.29. The van der Waals surface area contributed by atoms with Gasteiger partial charge in [-0.1, -0.05) is 17.5 Å². The Morgan fingerprint density at radius 2 is 2.06 bits per heavy atom. The lowest BCUT2D eigenvalue weighted by atomic mass is 10.1. The highest BCUT2D eigenvalue weighted by Gasteiger charge is 2.26. The van der Waals surface area contributed by atoms with Gasteiger partial charge in [0.15, 0.2) is 17.2 Å². The molecule has 32 heavy (non-hydrogen) atoms. The van der Waals surface area contributed by atoms with Crippen molar-refractivity contribution in [1.29, 1.82) is 0 Å². The molecule has 1 fully saturated rings. The number of methoxy groups -OCH3 is 1. The largest absolute Gasteiger partial charge is 0.493 e. The summed E-state index contributed by atoms with van der Waals surface area (Å²) < 4.78 is 16.1. The first-order valence-corrected chi connectivity index (χ1v) is 10.2. The maximum atomic E-state index is 12.4. The van der Waals surface area contributed by atoms with E-state index in [-0.39, 0.29) is 29.1 Å². The Balaban J connectivity index is 1.58. The highest BCUT2D eigenvalue weighted by Crippen LogP contribution is 2.37. The fourth-order valence-electron chi connectivity index (χ4n) is 3.47. The Morgan fingerprint density at radius 1 is 1.28 bits per heavy atom. The van der Waals surface area contributed by atoms with Crippen molar-refractivity contribution in [3.8, 4) is 23.8 Å². The molecule has 0 bridgehead atoms. The second-order valence-corrected chi connectivity index (χ2v) is 7.47. The van der Waals surface area contributed by atoms with Crippen LogP contribution in [-0.2, 0) is 14.3 Å². The van der Waals surface area contributed by atoms with Gasteiger partial charge in [0.25, 0.3) is 0 Å². The lowest BCUT2D eigenvalue weighted by molar-refractivity contribution is -0.130. The van der Waals surface area contributed by atoms with E-state index in [1.54, 1.807) is 35.2 Å². The van der Waals surface area contributed by atoms with Crippen LogP contribution in [0.4, 0.5) is 5.69 Å². The number of cyclic esters (lactones) is 1. The maximum absolute atomic E-state index is 12.4. The van der Waals surface area contributed by atoms with Crippen LogP contribution >= 0.6 is 11.6 Å². The van der Waals surface area contributed by atoms with Gasteiger partial charge < -0.3 is 19.1 Å². The van der Waals surface area contributed by atoms with Gasteiger partial charge in [0.2, 0.25) is 11.8 Å². The lowest BCUT2D eigenvalue weighted by Gasteiger charge is -2.15. The fraction of sp³-hybridized carbons (Fsp3) is 0.208. The van der Waals surface area contributed by atoms with Gasteiger partial charge in [-0.05, 0) is 54.5 Å². The van der Waals surface area contributed by atoms with Crippen LogP contribution in [0.25, 0.3) is 6.08 Å². The molecule has 162 valence electrons. The lowest BCUT2D eigenvalue weighted by Crippen LogP contribution is -2.23. The number of ether oxygens (including phenoxy) is 3. The molecule has 0 aromatic heterocycles. The second kappa shape index (κ2) is 9.16. The summed E-state index contributed by atoms with van der Waals surface area (Å²) in [4.78, 5) is 30.3. The molecule has 0 saturated carbocycles. The topological polar surface area (TPSA) is 77.4 Å². The molecule has 2 aromatic carbocycles. The van der Waals surface area contributed by atoms with Crippen molar-refractivity contribution < 1.29 is 23.8 Å². The molecule has 0 spiro atoms. The third kappa shape index (κ3) is 4.32. The van der Waals surface area contributed by atoms with Crippen LogP contribution in [0.2, 0.25) is 5.02 Å². The van der Waals surface area contributed by atoms with Crippen molar-refractivity contribution in [3.63, 3.8) is 0 Å². The predicted molar refractivity (Wildman–Crippen MR) is 121 cm³/mol. The van der Waals surface area contributed by atoms with Crippen molar-refractivity contribution in [1.82, 2.24) is 0 Å². The minimum atomic E-state index is -0.582. The van der Waals surface area contributed by atoms with Crippen LogP contribution in [0.5, 0.6) is 11.5 Å². The van der Waals surface area contributed by atoms with Gasteiger partial charge in [0.05, 0.1) is 12.1 Å². The predicted octanol–water partition coefficient (Wildman–Crippen LogP) is 3.83. The highest BCUT2D eigenvalue weighted by molar-refractivity contribution is 6.32. The summed E-state index contributed by atoms with van der Waals surface area (Å²) in [5.74, 6) is 2.78. The number of esters is 1. The number of hydrogen-bond donors (Lipinski definition) is 0. The van der Waals surface area contributed by atoms with E-state index in [1.165, 1.54) is 7.11 Å². The Labute approximate surface area is 190 Å². The minimum absolute atomic E-state index is 0.0429. The van der Waals surface area contributed by atoms with E-state index in [2.05, 4.69) is 10.9 Å². The van der Waals surface area contributed by atoms with Crippen LogP contribution in [0.1, 0.15) is 24.0 Å². The zero-order chi connectivity index (χ0) is 22.7. The molecule has 1 amide bonds. The van der Waals surface area contributed by atoms with Gasteiger partial charge in [0, 0.05) is 24.2 Å². The van der Waals surface area contributed by atoms with Crippen molar-refractivity contribution in [2.75, 3.05) is 25.2 Å². The molecular weight excluding hydrogens is 432 g/mol. The summed E-state index contributed by atoms with van der Waals surface area (Å²) in [7, 11) is 1.48. The Morgan fingerprint density at radius 3 is 2.72 bits per heavy atom. The molecule has 0 unspecified atom stereocenters. The van der Waals surface area contributed by atoms with E-state index < -0.39 is 5.97 Å². The number of benzene rings is 2. The number of anilines is 1. The molecule has 2 aliphatic heterocycles. The third-order valence-electron chi connectivity index (χ3n) is 4.97. The van der Waals surface area contributed by atoms with Gasteiger partial charge in [-0.2, -0.15) is 0 Å². The van der Waals surface area contributed by atoms with Crippen molar-refractivity contribution in [3.05, 3.63) is 58.2 Å². The van der Waals surface area contributed by atoms with E-state index in [1.807, 2.05) is 12.1 Å². The summed E-state index contributed by atoms with van der Waals surface area (Å²) in [6, 6.07) is 10.5. The second-order valence-electron chi connectivity index (χ2n) is 7.06. The van der Waals surface area contributed by atoms with Gasteiger partial charge in [-0.25, -0.2) is 9.79 Å². The Kier molecular flexibility index (Phi) is 6.15. The SMILES string of the molecule is C#CCOc1c(Cl)cc(/C=C2/N=C(c3ccc(N4CCCC4=O)cc3)OC2=O)cc1OC. The summed E-state index contributed by atoms with van der Waals surface area (Å²) in [5.41, 5.74) is 2.14. The molecule has 0 N–H and O–H groups in total. The zero-order valence-corrected chi connectivity index (χ0v) is 18.0. The van der Waals surface area contributed by atoms with Gasteiger partial charge in [0.1, 0.15) is 6.61 Å². The molecule has 0 radical (unpaired) electrons. The number of hydrogen-bond acceptors (Lipinski definition) is 6. The van der Waals surface area contributed by atoms with Crippen LogP contribution in [-0.4, -0.2) is 38.0 Å². The Bertz CT molecular complexity index is 1180. The number of nitrogens with zero attached hydrogens (tertiary/aromatic N) is 2.